The molecule has 3 heterocycles. The molecular weight excluding hydrogens is 364 g/mol. The number of rotatable bonds is 3. The van der Waals surface area contributed by atoms with Crippen molar-refractivity contribution in [2.24, 2.45) is 0 Å². The Morgan fingerprint density at radius 1 is 1.25 bits per heavy atom. The SMILES string of the molecule is CC(C)(C)OC(=O)N1CCC(n2cc(-c3cnc(N)c(C(=O)O)n3)cn2)CC1. The first kappa shape index (κ1) is 19.6. The van der Waals surface area contributed by atoms with Crippen molar-refractivity contribution in [3.63, 3.8) is 0 Å². The Hall–Kier alpha value is -3.17. The van der Waals surface area contributed by atoms with Crippen LogP contribution >= 0.6 is 0 Å². The molecule has 1 fully saturated rings. The zero-order chi connectivity index (χ0) is 20.5. The molecule has 10 heteroatoms. The fourth-order valence-corrected chi connectivity index (χ4v) is 3.00. The van der Waals surface area contributed by atoms with Crippen LogP contribution < -0.4 is 5.73 Å². The second kappa shape index (κ2) is 7.45. The summed E-state index contributed by atoms with van der Waals surface area (Å²) in [6, 6.07) is 0.133. The Morgan fingerprint density at radius 2 is 1.93 bits per heavy atom. The van der Waals surface area contributed by atoms with E-state index in [1.165, 1.54) is 6.20 Å². The normalized spacial score (nSPS) is 15.5. The summed E-state index contributed by atoms with van der Waals surface area (Å²) >= 11 is 0. The van der Waals surface area contributed by atoms with E-state index in [-0.39, 0.29) is 23.6 Å². The van der Waals surface area contributed by atoms with Crippen LogP contribution in [0.5, 0.6) is 0 Å². The van der Waals surface area contributed by atoms with Crippen molar-refractivity contribution in [2.45, 2.75) is 45.3 Å². The number of hydrogen-bond donors (Lipinski definition) is 2. The molecule has 3 N–H and O–H groups in total. The van der Waals surface area contributed by atoms with E-state index in [2.05, 4.69) is 15.1 Å². The van der Waals surface area contributed by atoms with Gasteiger partial charge in [-0.2, -0.15) is 5.10 Å². The van der Waals surface area contributed by atoms with Crippen LogP contribution in [-0.2, 0) is 4.74 Å². The number of carbonyl (C=O) groups is 2. The molecule has 0 saturated carbocycles. The van der Waals surface area contributed by atoms with Gasteiger partial charge in [0.2, 0.25) is 0 Å². The van der Waals surface area contributed by atoms with Gasteiger partial charge >= 0.3 is 12.1 Å². The lowest BCUT2D eigenvalue weighted by Crippen LogP contribution is -2.42. The topological polar surface area (TPSA) is 136 Å². The molecule has 1 amide bonds. The van der Waals surface area contributed by atoms with Gasteiger partial charge in [0.25, 0.3) is 0 Å². The minimum atomic E-state index is -1.23. The van der Waals surface area contributed by atoms with E-state index in [4.69, 9.17) is 15.6 Å². The van der Waals surface area contributed by atoms with Gasteiger partial charge in [0.05, 0.1) is 24.1 Å². The van der Waals surface area contributed by atoms with Crippen molar-refractivity contribution in [1.29, 1.82) is 0 Å². The number of carbonyl (C=O) groups excluding carboxylic acids is 1. The molecule has 150 valence electrons. The highest BCUT2D eigenvalue weighted by Crippen LogP contribution is 2.26. The Labute approximate surface area is 162 Å². The van der Waals surface area contributed by atoms with Crippen molar-refractivity contribution in [3.8, 4) is 11.3 Å². The van der Waals surface area contributed by atoms with Crippen LogP contribution in [-0.4, -0.2) is 60.5 Å². The standard InChI is InChI=1S/C18H24N6O4/c1-18(2,3)28-17(27)23-6-4-12(5-7-23)24-10-11(8-21-24)13-9-20-15(19)14(22-13)16(25)26/h8-10,12H,4-7H2,1-3H3,(H2,19,20)(H,25,26). The molecule has 2 aromatic heterocycles. The molecule has 0 aromatic carbocycles. The quantitative estimate of drug-likeness (QED) is 0.816. The number of ether oxygens (including phenoxy) is 1. The first-order valence-electron chi connectivity index (χ1n) is 9.02. The minimum Gasteiger partial charge on any atom is -0.476 e. The average molecular weight is 388 g/mol. The summed E-state index contributed by atoms with van der Waals surface area (Å²) in [6.07, 6.45) is 6.04. The van der Waals surface area contributed by atoms with Gasteiger partial charge in [0.1, 0.15) is 5.60 Å². The molecule has 0 spiro atoms. The van der Waals surface area contributed by atoms with Gasteiger partial charge in [-0.15, -0.1) is 0 Å². The number of hydrogen-bond acceptors (Lipinski definition) is 7. The van der Waals surface area contributed by atoms with Gasteiger partial charge in [-0.05, 0) is 33.6 Å². The van der Waals surface area contributed by atoms with Crippen LogP contribution in [0.2, 0.25) is 0 Å². The second-order valence-corrected chi connectivity index (χ2v) is 7.70. The van der Waals surface area contributed by atoms with Gasteiger partial charge in [-0.3, -0.25) is 4.68 Å². The number of likely N-dealkylation sites (tertiary alicyclic amines) is 1. The number of piperidine rings is 1. The maximum Gasteiger partial charge on any atom is 0.410 e. The maximum absolute atomic E-state index is 12.2. The lowest BCUT2D eigenvalue weighted by molar-refractivity contribution is 0.0184. The van der Waals surface area contributed by atoms with Crippen molar-refractivity contribution in [3.05, 3.63) is 24.3 Å². The third-order valence-electron chi connectivity index (χ3n) is 4.39. The van der Waals surface area contributed by atoms with E-state index in [1.807, 2.05) is 25.5 Å². The average Bonchev–Trinajstić information content (AvgIpc) is 3.10. The molecule has 0 radical (unpaired) electrons. The number of anilines is 1. The molecule has 2 aromatic rings. The highest BCUT2D eigenvalue weighted by Gasteiger charge is 2.28. The number of aromatic carboxylic acids is 1. The first-order valence-corrected chi connectivity index (χ1v) is 9.02. The van der Waals surface area contributed by atoms with Crippen molar-refractivity contribution >= 4 is 17.9 Å². The number of nitrogens with two attached hydrogens (primary N) is 1. The maximum atomic E-state index is 12.2. The zero-order valence-electron chi connectivity index (χ0n) is 16.1. The zero-order valence-corrected chi connectivity index (χ0v) is 16.1. The Morgan fingerprint density at radius 3 is 2.54 bits per heavy atom. The van der Waals surface area contributed by atoms with Gasteiger partial charge in [0.15, 0.2) is 11.5 Å². The van der Waals surface area contributed by atoms with Crippen LogP contribution in [0.4, 0.5) is 10.6 Å². The Bertz CT molecular complexity index is 880. The number of carboxylic acids is 1. The number of nitrogen functional groups attached to an aromatic ring is 1. The summed E-state index contributed by atoms with van der Waals surface area (Å²) in [5.41, 5.74) is 5.80. The summed E-state index contributed by atoms with van der Waals surface area (Å²) < 4.78 is 7.23. The van der Waals surface area contributed by atoms with Crippen LogP contribution in [0, 0.1) is 0 Å². The predicted octanol–water partition coefficient (Wildman–Crippen LogP) is 2.19. The van der Waals surface area contributed by atoms with Gasteiger partial charge in [-0.25, -0.2) is 19.6 Å². The first-order chi connectivity index (χ1) is 13.1. The van der Waals surface area contributed by atoms with Gasteiger partial charge in [0, 0.05) is 24.8 Å². The minimum absolute atomic E-state index is 0.127. The van der Waals surface area contributed by atoms with Crippen LogP contribution in [0.3, 0.4) is 0 Å². The van der Waals surface area contributed by atoms with E-state index in [1.54, 1.807) is 17.3 Å². The third kappa shape index (κ3) is 4.38. The third-order valence-corrected chi connectivity index (χ3v) is 4.39. The molecule has 0 unspecified atom stereocenters. The predicted molar refractivity (Wildman–Crippen MR) is 101 cm³/mol. The number of amides is 1. The monoisotopic (exact) mass is 388 g/mol. The molecule has 3 rings (SSSR count). The molecule has 1 saturated heterocycles. The van der Waals surface area contributed by atoms with E-state index in [0.717, 1.165) is 12.8 Å². The summed E-state index contributed by atoms with van der Waals surface area (Å²) in [4.78, 5) is 33.0. The van der Waals surface area contributed by atoms with Crippen LogP contribution in [0.15, 0.2) is 18.6 Å². The van der Waals surface area contributed by atoms with Gasteiger partial charge < -0.3 is 20.5 Å². The van der Waals surface area contributed by atoms with E-state index < -0.39 is 11.6 Å². The van der Waals surface area contributed by atoms with Crippen LogP contribution in [0.1, 0.15) is 50.1 Å². The molecule has 0 bridgehead atoms. The molecule has 1 aliphatic rings. The van der Waals surface area contributed by atoms with Gasteiger partial charge in [-0.1, -0.05) is 0 Å². The summed E-state index contributed by atoms with van der Waals surface area (Å²) in [5, 5.41) is 13.5. The Kier molecular flexibility index (Phi) is 5.21. The molecule has 1 aliphatic heterocycles. The number of nitrogens with zero attached hydrogens (tertiary/aromatic N) is 5. The molecular formula is C18H24N6O4. The fraction of sp³-hybridized carbons (Fsp3) is 0.500. The van der Waals surface area contributed by atoms with E-state index in [0.29, 0.717) is 24.3 Å². The highest BCUT2D eigenvalue weighted by atomic mass is 16.6. The molecule has 0 aliphatic carbocycles. The highest BCUT2D eigenvalue weighted by molar-refractivity contribution is 5.90. The molecule has 0 atom stereocenters. The van der Waals surface area contributed by atoms with E-state index in [9.17, 15) is 9.59 Å². The number of carboxylic acid groups (broad SMARTS) is 1. The largest absolute Gasteiger partial charge is 0.476 e. The van der Waals surface area contributed by atoms with E-state index >= 15 is 0 Å². The summed E-state index contributed by atoms with van der Waals surface area (Å²) in [7, 11) is 0. The summed E-state index contributed by atoms with van der Waals surface area (Å²) in [5.74, 6) is -1.35. The lowest BCUT2D eigenvalue weighted by Gasteiger charge is -2.33. The second-order valence-electron chi connectivity index (χ2n) is 7.70. The molecule has 28 heavy (non-hydrogen) atoms. The molecule has 10 nitrogen and oxygen atoms in total. The van der Waals surface area contributed by atoms with Crippen molar-refractivity contribution < 1.29 is 19.4 Å². The summed E-state index contributed by atoms with van der Waals surface area (Å²) in [6.45, 7) is 6.70. The lowest BCUT2D eigenvalue weighted by atomic mass is 10.1. The fourth-order valence-electron chi connectivity index (χ4n) is 3.00. The smallest absolute Gasteiger partial charge is 0.410 e. The van der Waals surface area contributed by atoms with Crippen molar-refractivity contribution in [1.82, 2.24) is 24.6 Å². The Balaban J connectivity index is 1.67. The number of aromatic nitrogens is 4. The van der Waals surface area contributed by atoms with Crippen molar-refractivity contribution in [2.75, 3.05) is 18.8 Å². The van der Waals surface area contributed by atoms with Crippen LogP contribution in [0.25, 0.3) is 11.3 Å².